The molecule has 0 amide bonds. The van der Waals surface area contributed by atoms with E-state index in [0.717, 1.165) is 6.54 Å². The van der Waals surface area contributed by atoms with Crippen molar-refractivity contribution < 1.29 is 0 Å². The van der Waals surface area contributed by atoms with Gasteiger partial charge in [0.2, 0.25) is 0 Å². The molecule has 2 heterocycles. The molecule has 3 nitrogen and oxygen atoms in total. The van der Waals surface area contributed by atoms with Gasteiger partial charge in [0, 0.05) is 35.9 Å². The van der Waals surface area contributed by atoms with Crippen LogP contribution in [0.2, 0.25) is 0 Å². The summed E-state index contributed by atoms with van der Waals surface area (Å²) in [5.74, 6) is 0. The molecular weight excluding hydrogens is 369 g/mol. The summed E-state index contributed by atoms with van der Waals surface area (Å²) in [7, 11) is 0. The first-order valence-corrected chi connectivity index (χ1v) is 8.62. The standard InChI is InChI=1S/C14H18IN3S/c1-10(8-18-6-5-16-9-18)17-12-3-2-4-13-11(12)7-14(15)19-13/h5-7,9-10,12,17H,2-4,8H2,1H3. The summed E-state index contributed by atoms with van der Waals surface area (Å²) in [5.41, 5.74) is 1.54. The lowest BCUT2D eigenvalue weighted by molar-refractivity contribution is 0.382. The number of aromatic nitrogens is 2. The van der Waals surface area contributed by atoms with Crippen molar-refractivity contribution in [2.24, 2.45) is 0 Å². The predicted molar refractivity (Wildman–Crippen MR) is 87.5 cm³/mol. The van der Waals surface area contributed by atoms with E-state index >= 15 is 0 Å². The first kappa shape index (κ1) is 13.6. The Kier molecular flexibility index (Phi) is 4.24. The van der Waals surface area contributed by atoms with Gasteiger partial charge in [-0.05, 0) is 60.4 Å². The van der Waals surface area contributed by atoms with E-state index in [-0.39, 0.29) is 0 Å². The van der Waals surface area contributed by atoms with Crippen molar-refractivity contribution in [3.8, 4) is 0 Å². The number of nitrogens with zero attached hydrogens (tertiary/aromatic N) is 2. The summed E-state index contributed by atoms with van der Waals surface area (Å²) in [5, 5.41) is 3.78. The molecular formula is C14H18IN3S. The van der Waals surface area contributed by atoms with Crippen molar-refractivity contribution in [2.45, 2.75) is 44.8 Å². The van der Waals surface area contributed by atoms with Crippen LogP contribution in [0.15, 0.2) is 24.8 Å². The van der Waals surface area contributed by atoms with Gasteiger partial charge in [-0.2, -0.15) is 0 Å². The second-order valence-corrected chi connectivity index (χ2v) is 8.23. The van der Waals surface area contributed by atoms with Crippen LogP contribution in [0, 0.1) is 2.88 Å². The summed E-state index contributed by atoms with van der Waals surface area (Å²) in [6.07, 6.45) is 9.58. The summed E-state index contributed by atoms with van der Waals surface area (Å²) in [6, 6.07) is 3.35. The third-order valence-electron chi connectivity index (χ3n) is 3.61. The second kappa shape index (κ2) is 5.93. The van der Waals surface area contributed by atoms with E-state index in [0.29, 0.717) is 12.1 Å². The molecule has 2 unspecified atom stereocenters. The van der Waals surface area contributed by atoms with E-state index in [1.54, 1.807) is 4.88 Å². The third-order valence-corrected chi connectivity index (χ3v) is 5.58. The number of nitrogens with one attached hydrogen (secondary N) is 1. The van der Waals surface area contributed by atoms with E-state index in [4.69, 9.17) is 0 Å². The first-order valence-electron chi connectivity index (χ1n) is 6.72. The second-order valence-electron chi connectivity index (χ2n) is 5.20. The van der Waals surface area contributed by atoms with Gasteiger partial charge in [-0.25, -0.2) is 4.98 Å². The van der Waals surface area contributed by atoms with Crippen molar-refractivity contribution in [3.05, 3.63) is 38.1 Å². The molecule has 19 heavy (non-hydrogen) atoms. The van der Waals surface area contributed by atoms with Crippen LogP contribution in [0.5, 0.6) is 0 Å². The molecule has 0 saturated heterocycles. The van der Waals surface area contributed by atoms with E-state index in [9.17, 15) is 0 Å². The van der Waals surface area contributed by atoms with Crippen molar-refractivity contribution >= 4 is 33.9 Å². The Morgan fingerprint density at radius 3 is 3.32 bits per heavy atom. The lowest BCUT2D eigenvalue weighted by atomic mass is 9.93. The molecule has 0 saturated carbocycles. The van der Waals surface area contributed by atoms with Gasteiger partial charge in [0.15, 0.2) is 0 Å². The summed E-state index contributed by atoms with van der Waals surface area (Å²) >= 11 is 4.40. The Morgan fingerprint density at radius 1 is 1.63 bits per heavy atom. The molecule has 2 aromatic rings. The van der Waals surface area contributed by atoms with Crippen molar-refractivity contribution in [2.75, 3.05) is 0 Å². The Hall–Kier alpha value is -0.400. The van der Waals surface area contributed by atoms with Crippen LogP contribution < -0.4 is 5.32 Å². The normalized spacial score (nSPS) is 20.2. The molecule has 1 aliphatic rings. The van der Waals surface area contributed by atoms with Gasteiger partial charge in [0.1, 0.15) is 0 Å². The zero-order chi connectivity index (χ0) is 13.2. The van der Waals surface area contributed by atoms with Crippen LogP contribution in [-0.4, -0.2) is 15.6 Å². The smallest absolute Gasteiger partial charge is 0.0946 e. The molecule has 5 heteroatoms. The molecule has 0 bridgehead atoms. The molecule has 1 aliphatic carbocycles. The van der Waals surface area contributed by atoms with E-state index in [2.05, 4.69) is 50.4 Å². The molecule has 1 N–H and O–H groups in total. The van der Waals surface area contributed by atoms with Crippen molar-refractivity contribution in [3.63, 3.8) is 0 Å². The molecule has 0 aliphatic heterocycles. The number of fused-ring (bicyclic) bond motifs is 1. The molecule has 0 aromatic carbocycles. The zero-order valence-electron chi connectivity index (χ0n) is 11.0. The van der Waals surface area contributed by atoms with Gasteiger partial charge >= 0.3 is 0 Å². The Labute approximate surface area is 131 Å². The van der Waals surface area contributed by atoms with Crippen molar-refractivity contribution in [1.82, 2.24) is 14.9 Å². The molecule has 102 valence electrons. The predicted octanol–water partition coefficient (Wildman–Crippen LogP) is 3.60. The summed E-state index contributed by atoms with van der Waals surface area (Å²) in [4.78, 5) is 5.68. The molecule has 0 fully saturated rings. The number of aryl methyl sites for hydroxylation is 1. The molecule has 0 spiro atoms. The Bertz CT molecular complexity index is 535. The first-order chi connectivity index (χ1) is 9.22. The lowest BCUT2D eigenvalue weighted by Crippen LogP contribution is -2.35. The van der Waals surface area contributed by atoms with E-state index < -0.39 is 0 Å². The number of thiophene rings is 1. The highest BCUT2D eigenvalue weighted by Gasteiger charge is 2.23. The highest BCUT2D eigenvalue weighted by molar-refractivity contribution is 14.1. The van der Waals surface area contributed by atoms with Crippen LogP contribution >= 0.6 is 33.9 Å². The van der Waals surface area contributed by atoms with Crippen molar-refractivity contribution in [1.29, 1.82) is 0 Å². The Morgan fingerprint density at radius 2 is 2.53 bits per heavy atom. The minimum atomic E-state index is 0.461. The SMILES string of the molecule is CC(Cn1ccnc1)NC1CCCc2sc(I)cc21. The maximum Gasteiger partial charge on any atom is 0.0946 e. The van der Waals surface area contributed by atoms with Crippen LogP contribution in [0.1, 0.15) is 36.2 Å². The average molecular weight is 387 g/mol. The van der Waals surface area contributed by atoms with Gasteiger partial charge in [-0.15, -0.1) is 11.3 Å². The summed E-state index contributed by atoms with van der Waals surface area (Å²) in [6.45, 7) is 3.23. The van der Waals surface area contributed by atoms with Crippen LogP contribution in [-0.2, 0) is 13.0 Å². The number of hydrogen-bond acceptors (Lipinski definition) is 3. The van der Waals surface area contributed by atoms with Gasteiger partial charge in [0.05, 0.1) is 9.21 Å². The van der Waals surface area contributed by atoms with Gasteiger partial charge in [-0.3, -0.25) is 0 Å². The van der Waals surface area contributed by atoms with Gasteiger partial charge in [-0.1, -0.05) is 0 Å². The number of rotatable bonds is 4. The zero-order valence-corrected chi connectivity index (χ0v) is 13.9. The Balaban J connectivity index is 1.67. The van der Waals surface area contributed by atoms with Crippen LogP contribution in [0.3, 0.4) is 0 Å². The fourth-order valence-electron chi connectivity index (χ4n) is 2.80. The topological polar surface area (TPSA) is 29.9 Å². The highest BCUT2D eigenvalue weighted by atomic mass is 127. The number of imidazole rings is 1. The maximum absolute atomic E-state index is 4.10. The average Bonchev–Trinajstić information content (AvgIpc) is 2.97. The van der Waals surface area contributed by atoms with Gasteiger partial charge < -0.3 is 9.88 Å². The largest absolute Gasteiger partial charge is 0.336 e. The monoisotopic (exact) mass is 387 g/mol. The highest BCUT2D eigenvalue weighted by Crippen LogP contribution is 2.36. The molecule has 2 aromatic heterocycles. The fourth-order valence-corrected chi connectivity index (χ4v) is 4.92. The minimum Gasteiger partial charge on any atom is -0.336 e. The lowest BCUT2D eigenvalue weighted by Gasteiger charge is -2.27. The van der Waals surface area contributed by atoms with E-state index in [1.807, 2.05) is 30.1 Å². The number of halogens is 1. The molecule has 3 rings (SSSR count). The van der Waals surface area contributed by atoms with Crippen LogP contribution in [0.25, 0.3) is 0 Å². The third kappa shape index (κ3) is 3.20. The quantitative estimate of drug-likeness (QED) is 0.813. The maximum atomic E-state index is 4.10. The van der Waals surface area contributed by atoms with E-state index in [1.165, 1.54) is 27.7 Å². The fraction of sp³-hybridized carbons (Fsp3) is 0.500. The molecule has 0 radical (unpaired) electrons. The number of hydrogen-bond donors (Lipinski definition) is 1. The minimum absolute atomic E-state index is 0.461. The molecule has 2 atom stereocenters. The summed E-state index contributed by atoms with van der Waals surface area (Å²) < 4.78 is 3.55. The van der Waals surface area contributed by atoms with Crippen LogP contribution in [0.4, 0.5) is 0 Å². The van der Waals surface area contributed by atoms with Gasteiger partial charge in [0.25, 0.3) is 0 Å².